The summed E-state index contributed by atoms with van der Waals surface area (Å²) in [6, 6.07) is 5.65. The second kappa shape index (κ2) is 3.05. The number of hydrogen-bond acceptors (Lipinski definition) is 1. The number of hydrogen-bond donors (Lipinski definition) is 2. The first-order valence-corrected chi connectivity index (χ1v) is 4.01. The lowest BCUT2D eigenvalue weighted by Crippen LogP contribution is -2.12. The van der Waals surface area contributed by atoms with Crippen molar-refractivity contribution in [3.8, 4) is 0 Å². The van der Waals surface area contributed by atoms with Crippen molar-refractivity contribution < 1.29 is 0 Å². The SMILES string of the molecule is Cc1cc(Br)ccc1C(=N)N. The lowest BCUT2D eigenvalue weighted by Gasteiger charge is -2.02. The summed E-state index contributed by atoms with van der Waals surface area (Å²) in [5.41, 5.74) is 7.15. The topological polar surface area (TPSA) is 49.9 Å². The first-order chi connectivity index (χ1) is 5.11. The monoisotopic (exact) mass is 212 g/mol. The number of halogens is 1. The predicted molar refractivity (Wildman–Crippen MR) is 49.9 cm³/mol. The van der Waals surface area contributed by atoms with Crippen molar-refractivity contribution in [1.82, 2.24) is 0 Å². The first kappa shape index (κ1) is 8.27. The molecule has 1 aromatic rings. The fourth-order valence-corrected chi connectivity index (χ4v) is 1.40. The van der Waals surface area contributed by atoms with Crippen molar-refractivity contribution in [1.29, 1.82) is 5.41 Å². The van der Waals surface area contributed by atoms with Gasteiger partial charge < -0.3 is 5.73 Å². The maximum atomic E-state index is 7.21. The van der Waals surface area contributed by atoms with Gasteiger partial charge in [-0.1, -0.05) is 15.9 Å². The first-order valence-electron chi connectivity index (χ1n) is 3.22. The molecule has 1 aromatic carbocycles. The van der Waals surface area contributed by atoms with Gasteiger partial charge in [-0.2, -0.15) is 0 Å². The van der Waals surface area contributed by atoms with E-state index >= 15 is 0 Å². The van der Waals surface area contributed by atoms with Crippen LogP contribution in [-0.2, 0) is 0 Å². The minimum Gasteiger partial charge on any atom is -0.384 e. The number of aryl methyl sites for hydroxylation is 1. The molecule has 0 aliphatic heterocycles. The molecule has 1 rings (SSSR count). The minimum absolute atomic E-state index is 0.120. The molecule has 0 saturated carbocycles. The number of rotatable bonds is 1. The van der Waals surface area contributed by atoms with E-state index in [1.807, 2.05) is 25.1 Å². The van der Waals surface area contributed by atoms with Gasteiger partial charge in [0.25, 0.3) is 0 Å². The highest BCUT2D eigenvalue weighted by Gasteiger charge is 2.00. The summed E-state index contributed by atoms with van der Waals surface area (Å²) in [6.45, 7) is 1.93. The van der Waals surface area contributed by atoms with Crippen LogP contribution in [0.3, 0.4) is 0 Å². The molecular formula is C8H9BrN2. The Morgan fingerprint density at radius 1 is 1.55 bits per heavy atom. The average molecular weight is 213 g/mol. The third-order valence-electron chi connectivity index (χ3n) is 1.48. The van der Waals surface area contributed by atoms with Crippen LogP contribution in [0.5, 0.6) is 0 Å². The number of nitrogen functional groups attached to an aromatic ring is 1. The van der Waals surface area contributed by atoms with Crippen molar-refractivity contribution in [2.75, 3.05) is 0 Å². The summed E-state index contributed by atoms with van der Waals surface area (Å²) in [4.78, 5) is 0. The highest BCUT2D eigenvalue weighted by atomic mass is 79.9. The van der Waals surface area contributed by atoms with Crippen molar-refractivity contribution in [3.05, 3.63) is 33.8 Å². The molecule has 0 aliphatic carbocycles. The molecule has 0 bridgehead atoms. The maximum Gasteiger partial charge on any atom is 0.123 e. The van der Waals surface area contributed by atoms with Gasteiger partial charge in [0, 0.05) is 10.0 Å². The molecule has 0 unspecified atom stereocenters. The van der Waals surface area contributed by atoms with Crippen LogP contribution in [0.15, 0.2) is 22.7 Å². The molecule has 0 radical (unpaired) electrons. The molecule has 0 spiro atoms. The van der Waals surface area contributed by atoms with E-state index in [1.165, 1.54) is 0 Å². The largest absolute Gasteiger partial charge is 0.384 e. The van der Waals surface area contributed by atoms with Crippen LogP contribution >= 0.6 is 15.9 Å². The van der Waals surface area contributed by atoms with E-state index in [1.54, 1.807) is 0 Å². The van der Waals surface area contributed by atoms with Crippen LogP contribution in [0.25, 0.3) is 0 Å². The van der Waals surface area contributed by atoms with Crippen molar-refractivity contribution in [2.45, 2.75) is 6.92 Å². The second-order valence-electron chi connectivity index (χ2n) is 2.37. The maximum absolute atomic E-state index is 7.21. The number of nitrogens with two attached hydrogens (primary N) is 1. The summed E-state index contributed by atoms with van der Waals surface area (Å²) in [5, 5.41) is 7.21. The zero-order chi connectivity index (χ0) is 8.43. The van der Waals surface area contributed by atoms with Gasteiger partial charge in [0.05, 0.1) is 0 Å². The van der Waals surface area contributed by atoms with Gasteiger partial charge in [0.15, 0.2) is 0 Å². The smallest absolute Gasteiger partial charge is 0.123 e. The molecule has 0 aromatic heterocycles. The summed E-state index contributed by atoms with van der Waals surface area (Å²) >= 11 is 3.33. The van der Waals surface area contributed by atoms with Crippen LogP contribution in [-0.4, -0.2) is 5.84 Å². The van der Waals surface area contributed by atoms with E-state index in [2.05, 4.69) is 15.9 Å². The molecule has 0 atom stereocenters. The molecule has 3 N–H and O–H groups in total. The number of amidine groups is 1. The lowest BCUT2D eigenvalue weighted by atomic mass is 10.1. The van der Waals surface area contributed by atoms with Crippen LogP contribution in [0.4, 0.5) is 0 Å². The van der Waals surface area contributed by atoms with Crippen molar-refractivity contribution in [3.63, 3.8) is 0 Å². The van der Waals surface area contributed by atoms with Crippen LogP contribution in [0, 0.1) is 12.3 Å². The van der Waals surface area contributed by atoms with E-state index in [-0.39, 0.29) is 5.84 Å². The van der Waals surface area contributed by atoms with Gasteiger partial charge in [0.1, 0.15) is 5.84 Å². The Hall–Kier alpha value is -0.830. The molecule has 0 fully saturated rings. The summed E-state index contributed by atoms with van der Waals surface area (Å²) in [5.74, 6) is 0.120. The van der Waals surface area contributed by atoms with Gasteiger partial charge in [0.2, 0.25) is 0 Å². The Kier molecular flexibility index (Phi) is 2.29. The Morgan fingerprint density at radius 3 is 2.64 bits per heavy atom. The lowest BCUT2D eigenvalue weighted by molar-refractivity contribution is 1.36. The molecule has 11 heavy (non-hydrogen) atoms. The Labute approximate surface area is 74.1 Å². The summed E-state index contributed by atoms with van der Waals surface area (Å²) in [6.07, 6.45) is 0. The summed E-state index contributed by atoms with van der Waals surface area (Å²) < 4.78 is 1.01. The normalized spacial score (nSPS) is 9.64. The van der Waals surface area contributed by atoms with Crippen LogP contribution in [0.1, 0.15) is 11.1 Å². The Morgan fingerprint density at radius 2 is 2.18 bits per heavy atom. The second-order valence-corrected chi connectivity index (χ2v) is 3.29. The van der Waals surface area contributed by atoms with Gasteiger partial charge >= 0.3 is 0 Å². The Balaban J connectivity index is 3.20. The zero-order valence-corrected chi connectivity index (χ0v) is 7.77. The standard InChI is InChI=1S/C8H9BrN2/c1-5-4-6(9)2-3-7(5)8(10)11/h2-4H,1H3,(H3,10,11). The third kappa shape index (κ3) is 1.80. The number of nitrogens with one attached hydrogen (secondary N) is 1. The van der Waals surface area contributed by atoms with Crippen LogP contribution < -0.4 is 5.73 Å². The van der Waals surface area contributed by atoms with E-state index in [0.717, 1.165) is 15.6 Å². The quantitative estimate of drug-likeness (QED) is 0.544. The van der Waals surface area contributed by atoms with Gasteiger partial charge in [-0.25, -0.2) is 0 Å². The predicted octanol–water partition coefficient (Wildman–Crippen LogP) is 2.04. The fraction of sp³-hybridized carbons (Fsp3) is 0.125. The molecular weight excluding hydrogens is 204 g/mol. The highest BCUT2D eigenvalue weighted by Crippen LogP contribution is 2.14. The van der Waals surface area contributed by atoms with E-state index in [9.17, 15) is 0 Å². The zero-order valence-electron chi connectivity index (χ0n) is 6.19. The van der Waals surface area contributed by atoms with E-state index in [0.29, 0.717) is 0 Å². The van der Waals surface area contributed by atoms with Gasteiger partial charge in [-0.15, -0.1) is 0 Å². The molecule has 0 heterocycles. The number of benzene rings is 1. The Bertz CT molecular complexity index is 294. The van der Waals surface area contributed by atoms with Crippen molar-refractivity contribution >= 4 is 21.8 Å². The van der Waals surface area contributed by atoms with Gasteiger partial charge in [-0.05, 0) is 30.7 Å². The summed E-state index contributed by atoms with van der Waals surface area (Å²) in [7, 11) is 0. The van der Waals surface area contributed by atoms with Crippen LogP contribution in [0.2, 0.25) is 0 Å². The third-order valence-corrected chi connectivity index (χ3v) is 1.97. The highest BCUT2D eigenvalue weighted by molar-refractivity contribution is 9.10. The molecule has 58 valence electrons. The van der Waals surface area contributed by atoms with E-state index < -0.39 is 0 Å². The molecule has 3 heteroatoms. The minimum atomic E-state index is 0.120. The molecule has 2 nitrogen and oxygen atoms in total. The molecule has 0 aliphatic rings. The molecule has 0 saturated heterocycles. The molecule has 0 amide bonds. The fourth-order valence-electron chi connectivity index (χ4n) is 0.929. The average Bonchev–Trinajstić information content (AvgIpc) is 1.85. The van der Waals surface area contributed by atoms with Gasteiger partial charge in [-0.3, -0.25) is 5.41 Å². The van der Waals surface area contributed by atoms with E-state index in [4.69, 9.17) is 11.1 Å². The van der Waals surface area contributed by atoms with Crippen molar-refractivity contribution in [2.24, 2.45) is 5.73 Å².